The number of halogens is 2. The van der Waals surface area contributed by atoms with Crippen molar-refractivity contribution >= 4 is 27.5 Å². The summed E-state index contributed by atoms with van der Waals surface area (Å²) in [6.45, 7) is 2.01. The second kappa shape index (κ2) is 7.30. The molecule has 0 aliphatic rings. The summed E-state index contributed by atoms with van der Waals surface area (Å²) in [6, 6.07) is 12.6. The molecule has 2 nitrogen and oxygen atoms in total. The second-order valence-corrected chi connectivity index (χ2v) is 6.28. The quantitative estimate of drug-likeness (QED) is 0.808. The van der Waals surface area contributed by atoms with E-state index in [1.807, 2.05) is 26.1 Å². The number of nitrogens with one attached hydrogen (secondary N) is 1. The Bertz CT molecular complexity index is 630. The van der Waals surface area contributed by atoms with Crippen molar-refractivity contribution in [3.8, 4) is 5.75 Å². The molecule has 0 saturated carbocycles. The van der Waals surface area contributed by atoms with Crippen LogP contribution in [0.25, 0.3) is 0 Å². The van der Waals surface area contributed by atoms with Crippen molar-refractivity contribution < 1.29 is 4.74 Å². The van der Waals surface area contributed by atoms with Crippen LogP contribution in [0.3, 0.4) is 0 Å². The Morgan fingerprint density at radius 3 is 2.57 bits per heavy atom. The number of aryl methyl sites for hydroxylation is 1. The molecule has 2 aromatic carbocycles. The molecule has 0 radical (unpaired) electrons. The molecule has 1 atom stereocenters. The van der Waals surface area contributed by atoms with E-state index in [2.05, 4.69) is 45.5 Å². The molecule has 4 heteroatoms. The number of hydrogen-bond donors (Lipinski definition) is 1. The Kier molecular flexibility index (Phi) is 5.68. The number of benzene rings is 2. The molecule has 2 rings (SSSR count). The molecule has 0 aromatic heterocycles. The van der Waals surface area contributed by atoms with Gasteiger partial charge in [-0.3, -0.25) is 0 Å². The maximum absolute atomic E-state index is 6.23. The lowest BCUT2D eigenvalue weighted by Crippen LogP contribution is -2.18. The average molecular weight is 369 g/mol. The first-order chi connectivity index (χ1) is 10.0. The zero-order valence-corrected chi connectivity index (χ0v) is 14.8. The van der Waals surface area contributed by atoms with Crippen LogP contribution in [0.5, 0.6) is 5.75 Å². The van der Waals surface area contributed by atoms with Crippen LogP contribution in [0.4, 0.5) is 0 Å². The van der Waals surface area contributed by atoms with Gasteiger partial charge in [-0.15, -0.1) is 0 Å². The minimum atomic E-state index is 0.225. The van der Waals surface area contributed by atoms with Crippen LogP contribution in [0, 0.1) is 6.92 Å². The standard InChI is InChI=1S/C17H19BrClNO/c1-11-4-6-13(10-15(11)19)16(20-2)9-12-5-7-17(21-3)14(18)8-12/h4-8,10,16,20H,9H2,1-3H3. The Hall–Kier alpha value is -1.03. The fraction of sp³-hybridized carbons (Fsp3) is 0.294. The van der Waals surface area contributed by atoms with Crippen molar-refractivity contribution in [3.05, 3.63) is 62.6 Å². The van der Waals surface area contributed by atoms with Gasteiger partial charge in [0.05, 0.1) is 11.6 Å². The van der Waals surface area contributed by atoms with E-state index in [0.29, 0.717) is 0 Å². The highest BCUT2D eigenvalue weighted by Gasteiger charge is 2.12. The molecule has 0 heterocycles. The van der Waals surface area contributed by atoms with Crippen molar-refractivity contribution in [1.82, 2.24) is 5.32 Å². The van der Waals surface area contributed by atoms with Crippen LogP contribution >= 0.6 is 27.5 Å². The first-order valence-electron chi connectivity index (χ1n) is 6.81. The van der Waals surface area contributed by atoms with E-state index >= 15 is 0 Å². The van der Waals surface area contributed by atoms with Crippen molar-refractivity contribution in [2.24, 2.45) is 0 Å². The molecular formula is C17H19BrClNO. The summed E-state index contributed by atoms with van der Waals surface area (Å²) in [5.41, 5.74) is 3.53. The van der Waals surface area contributed by atoms with Gasteiger partial charge in [-0.05, 0) is 71.2 Å². The van der Waals surface area contributed by atoms with Gasteiger partial charge in [0.2, 0.25) is 0 Å². The third-order valence-corrected chi connectivity index (χ3v) is 4.63. The third-order valence-electron chi connectivity index (χ3n) is 3.60. The normalized spacial score (nSPS) is 12.2. The van der Waals surface area contributed by atoms with Gasteiger partial charge in [-0.25, -0.2) is 0 Å². The molecule has 112 valence electrons. The summed E-state index contributed by atoms with van der Waals surface area (Å²) in [7, 11) is 3.64. The number of rotatable bonds is 5. The van der Waals surface area contributed by atoms with E-state index in [-0.39, 0.29) is 6.04 Å². The number of ether oxygens (including phenoxy) is 1. The second-order valence-electron chi connectivity index (χ2n) is 5.02. The molecule has 0 bridgehead atoms. The molecule has 2 aromatic rings. The van der Waals surface area contributed by atoms with Gasteiger partial charge in [-0.1, -0.05) is 29.8 Å². The van der Waals surface area contributed by atoms with Gasteiger partial charge in [0.1, 0.15) is 5.75 Å². The fourth-order valence-corrected chi connectivity index (χ4v) is 3.06. The Morgan fingerprint density at radius 2 is 2.00 bits per heavy atom. The van der Waals surface area contributed by atoms with E-state index in [0.717, 1.165) is 27.2 Å². The van der Waals surface area contributed by atoms with E-state index in [9.17, 15) is 0 Å². The monoisotopic (exact) mass is 367 g/mol. The minimum Gasteiger partial charge on any atom is -0.496 e. The fourth-order valence-electron chi connectivity index (χ4n) is 2.28. The van der Waals surface area contributed by atoms with Crippen molar-refractivity contribution in [1.29, 1.82) is 0 Å². The predicted molar refractivity (Wildman–Crippen MR) is 92.4 cm³/mol. The summed E-state index contributed by atoms with van der Waals surface area (Å²) in [5.74, 6) is 0.845. The SMILES string of the molecule is CNC(Cc1ccc(OC)c(Br)c1)c1ccc(C)c(Cl)c1. The summed E-state index contributed by atoms with van der Waals surface area (Å²) >= 11 is 9.76. The molecule has 0 amide bonds. The topological polar surface area (TPSA) is 21.3 Å². The molecule has 0 aliphatic carbocycles. The van der Waals surface area contributed by atoms with Crippen LogP contribution in [0.15, 0.2) is 40.9 Å². The van der Waals surface area contributed by atoms with Gasteiger partial charge in [0, 0.05) is 11.1 Å². The maximum Gasteiger partial charge on any atom is 0.133 e. The van der Waals surface area contributed by atoms with E-state index in [1.54, 1.807) is 7.11 Å². The van der Waals surface area contributed by atoms with Gasteiger partial charge in [0.25, 0.3) is 0 Å². The lowest BCUT2D eigenvalue weighted by Gasteiger charge is -2.18. The zero-order valence-electron chi connectivity index (χ0n) is 12.4. The highest BCUT2D eigenvalue weighted by atomic mass is 79.9. The van der Waals surface area contributed by atoms with E-state index < -0.39 is 0 Å². The van der Waals surface area contributed by atoms with Crippen LogP contribution in [-0.2, 0) is 6.42 Å². The lowest BCUT2D eigenvalue weighted by atomic mass is 9.98. The molecule has 21 heavy (non-hydrogen) atoms. The zero-order chi connectivity index (χ0) is 15.4. The average Bonchev–Trinajstić information content (AvgIpc) is 2.48. The van der Waals surface area contributed by atoms with E-state index in [1.165, 1.54) is 11.1 Å². The Balaban J connectivity index is 2.22. The minimum absolute atomic E-state index is 0.225. The van der Waals surface area contributed by atoms with Crippen molar-refractivity contribution in [3.63, 3.8) is 0 Å². The van der Waals surface area contributed by atoms with Crippen LogP contribution < -0.4 is 10.1 Å². The third kappa shape index (κ3) is 4.00. The van der Waals surface area contributed by atoms with Gasteiger partial charge < -0.3 is 10.1 Å². The smallest absolute Gasteiger partial charge is 0.133 e. The molecular weight excluding hydrogens is 350 g/mol. The summed E-state index contributed by atoms with van der Waals surface area (Å²) in [6.07, 6.45) is 0.887. The first-order valence-corrected chi connectivity index (χ1v) is 7.98. The highest BCUT2D eigenvalue weighted by Crippen LogP contribution is 2.28. The van der Waals surface area contributed by atoms with Crippen LogP contribution in [0.2, 0.25) is 5.02 Å². The molecule has 1 N–H and O–H groups in total. The van der Waals surface area contributed by atoms with Gasteiger partial charge >= 0.3 is 0 Å². The Morgan fingerprint density at radius 1 is 1.24 bits per heavy atom. The molecule has 0 saturated heterocycles. The first kappa shape index (κ1) is 16.3. The number of hydrogen-bond acceptors (Lipinski definition) is 2. The lowest BCUT2D eigenvalue weighted by molar-refractivity contribution is 0.412. The molecule has 0 aliphatic heterocycles. The van der Waals surface area contributed by atoms with Gasteiger partial charge in [-0.2, -0.15) is 0 Å². The summed E-state index contributed by atoms with van der Waals surface area (Å²) in [5, 5.41) is 4.17. The molecule has 1 unspecified atom stereocenters. The maximum atomic E-state index is 6.23. The largest absolute Gasteiger partial charge is 0.496 e. The predicted octanol–water partition coefficient (Wildman–Crippen LogP) is 4.92. The summed E-state index contributed by atoms with van der Waals surface area (Å²) < 4.78 is 6.24. The van der Waals surface area contributed by atoms with Crippen molar-refractivity contribution in [2.75, 3.05) is 14.2 Å². The Labute approximate surface area is 139 Å². The van der Waals surface area contributed by atoms with Gasteiger partial charge in [0.15, 0.2) is 0 Å². The highest BCUT2D eigenvalue weighted by molar-refractivity contribution is 9.10. The van der Waals surface area contributed by atoms with Crippen molar-refractivity contribution in [2.45, 2.75) is 19.4 Å². The number of methoxy groups -OCH3 is 1. The number of likely N-dealkylation sites (N-methyl/N-ethyl adjacent to an activating group) is 1. The summed E-state index contributed by atoms with van der Waals surface area (Å²) in [4.78, 5) is 0. The molecule has 0 spiro atoms. The van der Waals surface area contributed by atoms with E-state index in [4.69, 9.17) is 16.3 Å². The molecule has 0 fully saturated rings. The van der Waals surface area contributed by atoms with Crippen LogP contribution in [-0.4, -0.2) is 14.2 Å². The van der Waals surface area contributed by atoms with Crippen LogP contribution in [0.1, 0.15) is 22.7 Å².